The van der Waals surface area contributed by atoms with Gasteiger partial charge in [-0.1, -0.05) is 320 Å². The van der Waals surface area contributed by atoms with Crippen molar-refractivity contribution in [2.24, 2.45) is 0 Å². The van der Waals surface area contributed by atoms with Crippen LogP contribution in [-0.2, 0) is 33.1 Å². The van der Waals surface area contributed by atoms with Crippen molar-refractivity contribution >= 4 is 47.5 Å². The number of unbranched alkanes of at least 4 members (excludes halogenated alkanes) is 42. The van der Waals surface area contributed by atoms with E-state index in [1.54, 1.807) is 24.3 Å². The molecule has 2 radical (unpaired) electrons. The van der Waals surface area contributed by atoms with Crippen molar-refractivity contribution in [3.8, 4) is 0 Å². The maximum Gasteiger partial charge on any atom is 2.00 e. The molecule has 0 saturated heterocycles. The first-order valence-electron chi connectivity index (χ1n) is 29.2. The van der Waals surface area contributed by atoms with Crippen LogP contribution >= 0.6 is 0 Å². The molecule has 0 N–H and O–H groups in total. The minimum absolute atomic E-state index is 0. The maximum absolute atomic E-state index is 11.3. The summed E-state index contributed by atoms with van der Waals surface area (Å²) < 4.78 is 67.9. The van der Waals surface area contributed by atoms with E-state index in [0.717, 1.165) is 25.7 Å². The standard InChI is InChI=1S/2C30H54O3S.Pb/c2*1-2-3-4-5-6-7-8-9-10-11-12-13-14-15-16-17-18-19-20-21-22-23-26-29-27-24-25-28-30(29)34(31,32)33;/h2*24-25,27-28H,2-23,26H2,1H3,(H,31,32,33);/q;;+2/p-2. The fourth-order valence-corrected chi connectivity index (χ4v) is 11.2. The molecule has 0 amide bonds. The van der Waals surface area contributed by atoms with Crippen LogP contribution in [0.3, 0.4) is 0 Å². The van der Waals surface area contributed by atoms with Crippen LogP contribution in [0.5, 0.6) is 0 Å². The van der Waals surface area contributed by atoms with Gasteiger partial charge in [-0.3, -0.25) is 0 Å². The predicted molar refractivity (Wildman–Crippen MR) is 296 cm³/mol. The van der Waals surface area contributed by atoms with Crippen LogP contribution in [0.4, 0.5) is 0 Å². The van der Waals surface area contributed by atoms with Gasteiger partial charge in [-0.2, -0.15) is 0 Å². The van der Waals surface area contributed by atoms with Crippen LogP contribution in [0, 0.1) is 0 Å². The van der Waals surface area contributed by atoms with E-state index >= 15 is 0 Å². The van der Waals surface area contributed by atoms with Crippen molar-refractivity contribution in [2.75, 3.05) is 0 Å². The third-order valence-corrected chi connectivity index (χ3v) is 16.0. The fraction of sp³-hybridized carbons (Fsp3) is 0.800. The molecule has 2 rings (SSSR count). The zero-order valence-corrected chi connectivity index (χ0v) is 50.4. The smallest absolute Gasteiger partial charge is 0.744 e. The van der Waals surface area contributed by atoms with Gasteiger partial charge < -0.3 is 9.11 Å². The second-order valence-corrected chi connectivity index (χ2v) is 23.2. The summed E-state index contributed by atoms with van der Waals surface area (Å²) in [4.78, 5) is -0.0861. The molecule has 0 aliphatic carbocycles. The molecule has 0 aliphatic heterocycles. The molecule has 0 heterocycles. The van der Waals surface area contributed by atoms with Gasteiger partial charge in [0.15, 0.2) is 0 Å². The molecule has 0 saturated carbocycles. The molecule has 2 aromatic carbocycles. The van der Waals surface area contributed by atoms with E-state index in [0.29, 0.717) is 24.0 Å². The molecule has 2 aromatic rings. The normalized spacial score (nSPS) is 11.7. The topological polar surface area (TPSA) is 114 Å². The molecule has 0 bridgehead atoms. The summed E-state index contributed by atoms with van der Waals surface area (Å²) in [6, 6.07) is 13.2. The van der Waals surface area contributed by atoms with E-state index in [1.165, 1.54) is 269 Å². The molecule has 0 atom stereocenters. The Labute approximate surface area is 449 Å². The molecule has 398 valence electrons. The molecular formula is C60H106O6PbS2. The molecule has 0 unspecified atom stereocenters. The molecule has 0 spiro atoms. The van der Waals surface area contributed by atoms with Gasteiger partial charge in [0.05, 0.1) is 9.79 Å². The first kappa shape index (κ1) is 68.2. The van der Waals surface area contributed by atoms with Crippen molar-refractivity contribution in [3.63, 3.8) is 0 Å². The minimum atomic E-state index is -4.36. The van der Waals surface area contributed by atoms with E-state index in [2.05, 4.69) is 13.8 Å². The van der Waals surface area contributed by atoms with Crippen LogP contribution in [0.15, 0.2) is 58.3 Å². The van der Waals surface area contributed by atoms with E-state index in [4.69, 9.17) is 0 Å². The van der Waals surface area contributed by atoms with Gasteiger partial charge in [0, 0.05) is 0 Å². The van der Waals surface area contributed by atoms with Crippen molar-refractivity contribution < 1.29 is 25.9 Å². The summed E-state index contributed by atoms with van der Waals surface area (Å²) in [5, 5.41) is 0. The third-order valence-electron chi connectivity index (χ3n) is 14.1. The molecule has 0 aromatic heterocycles. The summed E-state index contributed by atoms with van der Waals surface area (Å²) in [5.74, 6) is 0. The number of hydrogen-bond donors (Lipinski definition) is 0. The first-order valence-corrected chi connectivity index (χ1v) is 32.0. The summed E-state index contributed by atoms with van der Waals surface area (Å²) in [5.41, 5.74) is 1.34. The van der Waals surface area contributed by atoms with Crippen LogP contribution in [0.1, 0.15) is 307 Å². The van der Waals surface area contributed by atoms with Crippen molar-refractivity contribution in [1.82, 2.24) is 0 Å². The van der Waals surface area contributed by atoms with Gasteiger partial charge >= 0.3 is 27.3 Å². The number of rotatable bonds is 48. The predicted octanol–water partition coefficient (Wildman–Crippen LogP) is 19.1. The van der Waals surface area contributed by atoms with Gasteiger partial charge in [0.1, 0.15) is 20.2 Å². The quantitative estimate of drug-likeness (QED) is 0.0370. The van der Waals surface area contributed by atoms with Crippen molar-refractivity contribution in [2.45, 2.75) is 319 Å². The van der Waals surface area contributed by atoms with Crippen LogP contribution < -0.4 is 0 Å². The van der Waals surface area contributed by atoms with Crippen LogP contribution in [0.2, 0.25) is 0 Å². The average molecular weight is 1190 g/mol. The van der Waals surface area contributed by atoms with Gasteiger partial charge in [0.25, 0.3) is 0 Å². The van der Waals surface area contributed by atoms with E-state index < -0.39 is 20.2 Å². The zero-order valence-electron chi connectivity index (χ0n) is 44.9. The molecule has 6 nitrogen and oxygen atoms in total. The SMILES string of the molecule is CCCCCCCCCCCCCCCCCCCCCCCCc1ccccc1S(=O)(=O)[O-].CCCCCCCCCCCCCCCCCCCCCCCCc1ccccc1S(=O)(=O)[O-].[Pb+2]. The minimum Gasteiger partial charge on any atom is -0.744 e. The Bertz CT molecular complexity index is 1500. The largest absolute Gasteiger partial charge is 2.00 e. The van der Waals surface area contributed by atoms with Crippen molar-refractivity contribution in [1.29, 1.82) is 0 Å². The number of benzene rings is 2. The Morgan fingerprint density at radius 3 is 0.609 bits per heavy atom. The third kappa shape index (κ3) is 43.3. The Morgan fingerprint density at radius 1 is 0.275 bits per heavy atom. The Kier molecular flexibility index (Phi) is 48.8. The second-order valence-electron chi connectivity index (χ2n) is 20.5. The van der Waals surface area contributed by atoms with Gasteiger partial charge in [0.2, 0.25) is 0 Å². The zero-order chi connectivity index (χ0) is 49.5. The number of aryl methyl sites for hydroxylation is 2. The second kappa shape index (κ2) is 49.4. The van der Waals surface area contributed by atoms with E-state index in [1.807, 2.05) is 12.1 Å². The first-order chi connectivity index (χ1) is 33.1. The van der Waals surface area contributed by atoms with Gasteiger partial charge in [-0.05, 0) is 48.9 Å². The maximum atomic E-state index is 11.3. The Morgan fingerprint density at radius 2 is 0.435 bits per heavy atom. The van der Waals surface area contributed by atoms with Gasteiger partial charge in [-0.15, -0.1) is 0 Å². The van der Waals surface area contributed by atoms with Crippen molar-refractivity contribution in [3.05, 3.63) is 59.7 Å². The molecule has 0 aliphatic rings. The Balaban J connectivity index is 0.00000132. The molecule has 69 heavy (non-hydrogen) atoms. The summed E-state index contributed by atoms with van der Waals surface area (Å²) in [7, 11) is -8.72. The van der Waals surface area contributed by atoms with E-state index in [9.17, 15) is 25.9 Å². The van der Waals surface area contributed by atoms with Crippen LogP contribution in [0.25, 0.3) is 0 Å². The Hall–Kier alpha value is -0.818. The molecular weight excluding hydrogens is 1090 g/mol. The van der Waals surface area contributed by atoms with Gasteiger partial charge in [-0.25, -0.2) is 16.8 Å². The summed E-state index contributed by atoms with van der Waals surface area (Å²) in [6.45, 7) is 4.57. The molecule has 0 fully saturated rings. The molecule has 9 heteroatoms. The monoisotopic (exact) mass is 1190 g/mol. The fourth-order valence-electron chi connectivity index (χ4n) is 9.76. The average Bonchev–Trinajstić information content (AvgIpc) is 3.32. The van der Waals surface area contributed by atoms with E-state index in [-0.39, 0.29) is 37.1 Å². The summed E-state index contributed by atoms with van der Waals surface area (Å²) >= 11 is 0. The number of hydrogen-bond acceptors (Lipinski definition) is 6. The summed E-state index contributed by atoms with van der Waals surface area (Å²) in [6.07, 6.45) is 61.2. The van der Waals surface area contributed by atoms with Crippen LogP contribution in [-0.4, -0.2) is 53.2 Å².